The van der Waals surface area contributed by atoms with Crippen LogP contribution in [0.25, 0.3) is 0 Å². The molecule has 1 aromatic rings. The molecule has 1 fully saturated rings. The Balaban J connectivity index is 1.66. The summed E-state index contributed by atoms with van der Waals surface area (Å²) in [5.41, 5.74) is 0.869. The average molecular weight is 395 g/mol. The summed E-state index contributed by atoms with van der Waals surface area (Å²) in [5.74, 6) is -1.36. The van der Waals surface area contributed by atoms with Gasteiger partial charge in [-0.25, -0.2) is 13.2 Å². The van der Waals surface area contributed by atoms with Crippen molar-refractivity contribution in [3.8, 4) is 0 Å². The number of carbonyl (C=O) groups excluding carboxylic acids is 2. The summed E-state index contributed by atoms with van der Waals surface area (Å²) < 4.78 is 38.8. The van der Waals surface area contributed by atoms with E-state index in [2.05, 4.69) is 0 Å². The van der Waals surface area contributed by atoms with Crippen LogP contribution >= 0.6 is 0 Å². The molecule has 2 heterocycles. The molecule has 0 radical (unpaired) electrons. The van der Waals surface area contributed by atoms with Crippen LogP contribution in [0.2, 0.25) is 0 Å². The fourth-order valence-corrected chi connectivity index (χ4v) is 4.71. The van der Waals surface area contributed by atoms with Crippen molar-refractivity contribution in [3.63, 3.8) is 0 Å². The third-order valence-electron chi connectivity index (χ3n) is 4.34. The van der Waals surface area contributed by atoms with Crippen LogP contribution in [0.5, 0.6) is 0 Å². The molecule has 1 atom stereocenters. The van der Waals surface area contributed by atoms with E-state index in [1.54, 1.807) is 0 Å². The molecule has 2 aliphatic heterocycles. The predicted octanol–water partition coefficient (Wildman–Crippen LogP) is 0.634. The third kappa shape index (κ3) is 5.22. The summed E-state index contributed by atoms with van der Waals surface area (Å²) in [5, 5.41) is 0. The number of amides is 1. The molecular formula is C18H21NO7S. The van der Waals surface area contributed by atoms with Crippen LogP contribution in [-0.4, -0.2) is 62.6 Å². The number of carbonyl (C=O) groups is 2. The first-order valence-electron chi connectivity index (χ1n) is 8.60. The monoisotopic (exact) mass is 395 g/mol. The molecule has 0 aromatic heterocycles. The van der Waals surface area contributed by atoms with Gasteiger partial charge in [-0.3, -0.25) is 4.79 Å². The number of nitrogens with zero attached hydrogens (tertiary/aromatic N) is 1. The lowest BCUT2D eigenvalue weighted by atomic mass is 10.1. The van der Waals surface area contributed by atoms with Gasteiger partial charge in [-0.15, -0.1) is 0 Å². The van der Waals surface area contributed by atoms with E-state index in [1.165, 1.54) is 4.90 Å². The molecule has 0 aliphatic carbocycles. The molecular weight excluding hydrogens is 374 g/mol. The molecule has 8 nitrogen and oxygen atoms in total. The summed E-state index contributed by atoms with van der Waals surface area (Å²) in [6.07, 6.45) is 1.53. The number of hydrogen-bond acceptors (Lipinski definition) is 7. The average Bonchev–Trinajstić information content (AvgIpc) is 3.05. The van der Waals surface area contributed by atoms with Gasteiger partial charge in [0.2, 0.25) is 5.76 Å². The molecule has 146 valence electrons. The molecule has 9 heteroatoms. The zero-order valence-electron chi connectivity index (χ0n) is 14.7. The van der Waals surface area contributed by atoms with E-state index >= 15 is 0 Å². The minimum absolute atomic E-state index is 0.0497. The van der Waals surface area contributed by atoms with Crippen LogP contribution in [0.15, 0.2) is 42.4 Å². The van der Waals surface area contributed by atoms with Gasteiger partial charge in [-0.2, -0.15) is 0 Å². The summed E-state index contributed by atoms with van der Waals surface area (Å²) in [4.78, 5) is 26.1. The van der Waals surface area contributed by atoms with Crippen molar-refractivity contribution in [2.75, 3.05) is 31.3 Å². The van der Waals surface area contributed by atoms with Gasteiger partial charge in [0.1, 0.15) is 19.5 Å². The second kappa shape index (κ2) is 8.43. The second-order valence-electron chi connectivity index (χ2n) is 6.34. The van der Waals surface area contributed by atoms with Crippen molar-refractivity contribution in [2.45, 2.75) is 19.0 Å². The zero-order chi connectivity index (χ0) is 19.3. The van der Waals surface area contributed by atoms with E-state index in [9.17, 15) is 18.0 Å². The Kier molecular flexibility index (Phi) is 6.00. The first-order valence-corrected chi connectivity index (χ1v) is 10.4. The molecule has 27 heavy (non-hydrogen) atoms. The SMILES string of the molecule is O=C(OCC(=O)N(Cc1ccccc1)C1CCS(=O)(=O)C1)C1=COCCO1. The van der Waals surface area contributed by atoms with Gasteiger partial charge in [0.15, 0.2) is 16.4 Å². The Bertz CT molecular complexity index is 819. The van der Waals surface area contributed by atoms with Gasteiger partial charge in [-0.05, 0) is 12.0 Å². The van der Waals surface area contributed by atoms with E-state index < -0.39 is 34.4 Å². The van der Waals surface area contributed by atoms with Crippen molar-refractivity contribution in [2.24, 2.45) is 0 Å². The topological polar surface area (TPSA) is 99.2 Å². The van der Waals surface area contributed by atoms with Gasteiger partial charge < -0.3 is 19.1 Å². The summed E-state index contributed by atoms with van der Waals surface area (Å²) in [7, 11) is -3.16. The van der Waals surface area contributed by atoms with Crippen molar-refractivity contribution >= 4 is 21.7 Å². The standard InChI is InChI=1S/C18H21NO7S/c20-17(12-26-18(21)16-11-24-7-8-25-16)19(10-14-4-2-1-3-5-14)15-6-9-27(22,23)13-15/h1-5,11,15H,6-10,12-13H2. The Labute approximate surface area is 157 Å². The Hall–Kier alpha value is -2.55. The highest BCUT2D eigenvalue weighted by Gasteiger charge is 2.35. The van der Waals surface area contributed by atoms with Crippen LogP contribution in [-0.2, 0) is 40.2 Å². The number of hydrogen-bond donors (Lipinski definition) is 0. The highest BCUT2D eigenvalue weighted by Crippen LogP contribution is 2.20. The first-order chi connectivity index (χ1) is 12.9. The quantitative estimate of drug-likeness (QED) is 0.652. The summed E-state index contributed by atoms with van der Waals surface area (Å²) >= 11 is 0. The normalized spacial score (nSPS) is 20.7. The molecule has 0 saturated carbocycles. The van der Waals surface area contributed by atoms with E-state index in [-0.39, 0.29) is 30.4 Å². The van der Waals surface area contributed by atoms with Crippen molar-refractivity contribution in [1.82, 2.24) is 4.90 Å². The molecule has 1 amide bonds. The minimum atomic E-state index is -3.16. The van der Waals surface area contributed by atoms with Crippen LogP contribution in [0, 0.1) is 0 Å². The van der Waals surface area contributed by atoms with Crippen molar-refractivity contribution in [1.29, 1.82) is 0 Å². The van der Waals surface area contributed by atoms with E-state index in [0.717, 1.165) is 11.8 Å². The Morgan fingerprint density at radius 3 is 2.59 bits per heavy atom. The smallest absolute Gasteiger partial charge is 0.377 e. The van der Waals surface area contributed by atoms with E-state index in [1.807, 2.05) is 30.3 Å². The van der Waals surface area contributed by atoms with Gasteiger partial charge in [0, 0.05) is 12.6 Å². The lowest BCUT2D eigenvalue weighted by Crippen LogP contribution is -2.43. The third-order valence-corrected chi connectivity index (χ3v) is 6.09. The second-order valence-corrected chi connectivity index (χ2v) is 8.57. The van der Waals surface area contributed by atoms with E-state index in [0.29, 0.717) is 13.0 Å². The molecule has 2 aliphatic rings. The van der Waals surface area contributed by atoms with Gasteiger partial charge in [0.05, 0.1) is 11.5 Å². The largest absolute Gasteiger partial charge is 0.493 e. The maximum Gasteiger partial charge on any atom is 0.377 e. The number of ether oxygens (including phenoxy) is 3. The van der Waals surface area contributed by atoms with Gasteiger partial charge in [0.25, 0.3) is 5.91 Å². The maximum atomic E-state index is 12.7. The zero-order valence-corrected chi connectivity index (χ0v) is 15.5. The number of esters is 1. The summed E-state index contributed by atoms with van der Waals surface area (Å²) in [6, 6.07) is 8.82. The van der Waals surface area contributed by atoms with Crippen LogP contribution in [0.4, 0.5) is 0 Å². The number of benzene rings is 1. The fourth-order valence-electron chi connectivity index (χ4n) is 2.98. The lowest BCUT2D eigenvalue weighted by Gasteiger charge is -2.28. The van der Waals surface area contributed by atoms with Gasteiger partial charge >= 0.3 is 5.97 Å². The maximum absolute atomic E-state index is 12.7. The molecule has 1 saturated heterocycles. The molecule has 3 rings (SSSR count). The van der Waals surface area contributed by atoms with Crippen molar-refractivity contribution < 1.29 is 32.2 Å². The molecule has 0 bridgehead atoms. The minimum Gasteiger partial charge on any atom is -0.493 e. The summed E-state index contributed by atoms with van der Waals surface area (Å²) in [6.45, 7) is 0.328. The van der Waals surface area contributed by atoms with Crippen LogP contribution in [0.1, 0.15) is 12.0 Å². The molecule has 1 aromatic carbocycles. The molecule has 1 unspecified atom stereocenters. The molecule has 0 N–H and O–H groups in total. The number of rotatable bonds is 6. The fraction of sp³-hybridized carbons (Fsp3) is 0.444. The first kappa shape index (κ1) is 19.2. The van der Waals surface area contributed by atoms with Crippen LogP contribution < -0.4 is 0 Å². The Morgan fingerprint density at radius 2 is 1.96 bits per heavy atom. The van der Waals surface area contributed by atoms with Gasteiger partial charge in [-0.1, -0.05) is 30.3 Å². The van der Waals surface area contributed by atoms with E-state index in [4.69, 9.17) is 14.2 Å². The highest BCUT2D eigenvalue weighted by molar-refractivity contribution is 7.91. The number of sulfone groups is 1. The molecule has 0 spiro atoms. The predicted molar refractivity (Wildman–Crippen MR) is 95.0 cm³/mol. The lowest BCUT2D eigenvalue weighted by molar-refractivity contribution is -0.153. The Morgan fingerprint density at radius 1 is 1.19 bits per heavy atom. The van der Waals surface area contributed by atoms with Crippen LogP contribution in [0.3, 0.4) is 0 Å². The highest BCUT2D eigenvalue weighted by atomic mass is 32.2. The van der Waals surface area contributed by atoms with Crippen molar-refractivity contribution in [3.05, 3.63) is 47.9 Å².